The maximum Gasteiger partial charge on any atom is 0.0827 e. The summed E-state index contributed by atoms with van der Waals surface area (Å²) in [5.74, 6) is 0. The van der Waals surface area contributed by atoms with Crippen LogP contribution in [0.4, 0.5) is 0 Å². The van der Waals surface area contributed by atoms with E-state index in [2.05, 4.69) is 22.1 Å². The van der Waals surface area contributed by atoms with E-state index in [0.717, 1.165) is 11.0 Å². The Bertz CT molecular complexity index is 447. The molecule has 0 atom stereocenters. The predicted octanol–water partition coefficient (Wildman–Crippen LogP) is 2.91. The average molecular weight is 192 g/mol. The van der Waals surface area contributed by atoms with Crippen molar-refractivity contribution in [3.63, 3.8) is 0 Å². The Morgan fingerprint density at radius 1 is 0.833 bits per heavy atom. The Morgan fingerprint density at radius 2 is 1.33 bits per heavy atom. The maximum absolute atomic E-state index is 4.25. The molecule has 0 aliphatic heterocycles. The summed E-state index contributed by atoms with van der Waals surface area (Å²) >= 11 is 3.32. The number of nitrogens with zero attached hydrogens (tertiary/aromatic N) is 2. The van der Waals surface area contributed by atoms with Crippen LogP contribution in [0.2, 0.25) is 0 Å². The molecule has 12 heavy (non-hydrogen) atoms. The van der Waals surface area contributed by atoms with Gasteiger partial charge in [0.1, 0.15) is 0 Å². The van der Waals surface area contributed by atoms with Crippen LogP contribution < -0.4 is 0 Å². The number of aromatic nitrogens is 2. The first-order chi connectivity index (χ1) is 5.93. The van der Waals surface area contributed by atoms with Crippen LogP contribution in [0.25, 0.3) is 20.4 Å². The highest BCUT2D eigenvalue weighted by Crippen LogP contribution is 2.26. The van der Waals surface area contributed by atoms with Gasteiger partial charge in [-0.3, -0.25) is 0 Å². The van der Waals surface area contributed by atoms with Crippen LogP contribution >= 0.6 is 22.7 Å². The molecule has 1 aromatic carbocycles. The van der Waals surface area contributed by atoms with Gasteiger partial charge in [-0.25, -0.2) is 9.97 Å². The summed E-state index contributed by atoms with van der Waals surface area (Å²) in [6.45, 7) is 0. The molecule has 0 fully saturated rings. The first-order valence-corrected chi connectivity index (χ1v) is 5.26. The van der Waals surface area contributed by atoms with Crippen molar-refractivity contribution < 1.29 is 0 Å². The fourth-order valence-electron chi connectivity index (χ4n) is 1.21. The van der Waals surface area contributed by atoms with E-state index in [1.807, 2.05) is 11.0 Å². The standard InChI is InChI=1S/C8H4N2S2/c1-5-8(12-3-9-5)2-6-7(1)11-4-10-6/h1-4H. The molecule has 4 heteroatoms. The van der Waals surface area contributed by atoms with Crippen LogP contribution in [0.15, 0.2) is 23.2 Å². The number of fused-ring (bicyclic) bond motifs is 2. The zero-order valence-corrected chi connectivity index (χ0v) is 7.65. The first kappa shape index (κ1) is 6.51. The van der Waals surface area contributed by atoms with Gasteiger partial charge in [0.2, 0.25) is 0 Å². The molecule has 2 aromatic heterocycles. The van der Waals surface area contributed by atoms with Crippen LogP contribution in [0, 0.1) is 0 Å². The second-order valence-corrected chi connectivity index (χ2v) is 4.27. The van der Waals surface area contributed by atoms with Crippen molar-refractivity contribution >= 4 is 43.1 Å². The Morgan fingerprint density at radius 3 is 1.83 bits per heavy atom. The molecule has 0 amide bonds. The molecule has 3 aromatic rings. The molecule has 2 nitrogen and oxygen atoms in total. The summed E-state index contributed by atoms with van der Waals surface area (Å²) in [5.41, 5.74) is 5.90. The number of hydrogen-bond donors (Lipinski definition) is 0. The lowest BCUT2D eigenvalue weighted by Gasteiger charge is -1.86. The monoisotopic (exact) mass is 192 g/mol. The van der Waals surface area contributed by atoms with E-state index in [1.54, 1.807) is 22.7 Å². The van der Waals surface area contributed by atoms with Gasteiger partial charge in [0.05, 0.1) is 31.5 Å². The molecule has 0 bridgehead atoms. The zero-order valence-electron chi connectivity index (χ0n) is 6.02. The summed E-state index contributed by atoms with van der Waals surface area (Å²) in [5, 5.41) is 0. The highest BCUT2D eigenvalue weighted by molar-refractivity contribution is 7.18. The average Bonchev–Trinajstić information content (AvgIpc) is 2.64. The topological polar surface area (TPSA) is 25.8 Å². The van der Waals surface area contributed by atoms with Gasteiger partial charge in [0.25, 0.3) is 0 Å². The smallest absolute Gasteiger partial charge is 0.0827 e. The van der Waals surface area contributed by atoms with Gasteiger partial charge in [-0.1, -0.05) is 0 Å². The molecule has 0 aliphatic carbocycles. The lowest BCUT2D eigenvalue weighted by atomic mass is 10.3. The molecule has 0 saturated heterocycles. The minimum Gasteiger partial charge on any atom is -0.245 e. The quantitative estimate of drug-likeness (QED) is 0.547. The van der Waals surface area contributed by atoms with Crippen LogP contribution in [0.5, 0.6) is 0 Å². The first-order valence-electron chi connectivity index (χ1n) is 3.50. The zero-order chi connectivity index (χ0) is 7.97. The SMILES string of the molecule is c1nc2cc3scnc3cc2s1. The van der Waals surface area contributed by atoms with E-state index in [4.69, 9.17) is 0 Å². The Labute approximate surface area is 76.5 Å². The largest absolute Gasteiger partial charge is 0.245 e. The van der Waals surface area contributed by atoms with Crippen LogP contribution in [0.3, 0.4) is 0 Å². The van der Waals surface area contributed by atoms with E-state index in [0.29, 0.717) is 0 Å². The van der Waals surface area contributed by atoms with Crippen molar-refractivity contribution in [3.05, 3.63) is 23.2 Å². The number of benzene rings is 1. The number of rotatable bonds is 0. The molecule has 3 rings (SSSR count). The maximum atomic E-state index is 4.25. The Hall–Kier alpha value is -1.00. The van der Waals surface area contributed by atoms with Gasteiger partial charge in [-0.05, 0) is 12.1 Å². The molecule has 0 unspecified atom stereocenters. The van der Waals surface area contributed by atoms with Crippen LogP contribution in [0.1, 0.15) is 0 Å². The summed E-state index contributed by atoms with van der Waals surface area (Å²) in [6.07, 6.45) is 0. The molecular weight excluding hydrogens is 188 g/mol. The van der Waals surface area contributed by atoms with Gasteiger partial charge in [0, 0.05) is 0 Å². The molecule has 0 N–H and O–H groups in total. The van der Waals surface area contributed by atoms with Crippen molar-refractivity contribution in [2.24, 2.45) is 0 Å². The summed E-state index contributed by atoms with van der Waals surface area (Å²) in [6, 6.07) is 4.19. The van der Waals surface area contributed by atoms with Gasteiger partial charge in [-0.15, -0.1) is 22.7 Å². The van der Waals surface area contributed by atoms with E-state index in [9.17, 15) is 0 Å². The molecular formula is C8H4N2S2. The summed E-state index contributed by atoms with van der Waals surface area (Å²) in [7, 11) is 0. The van der Waals surface area contributed by atoms with Crippen molar-refractivity contribution in [1.82, 2.24) is 9.97 Å². The molecule has 58 valence electrons. The number of thiazole rings is 2. The third-order valence-corrected chi connectivity index (χ3v) is 3.37. The van der Waals surface area contributed by atoms with E-state index in [1.165, 1.54) is 9.40 Å². The van der Waals surface area contributed by atoms with Gasteiger partial charge >= 0.3 is 0 Å². The normalized spacial score (nSPS) is 11.3. The molecule has 2 heterocycles. The molecule has 0 aliphatic rings. The van der Waals surface area contributed by atoms with E-state index < -0.39 is 0 Å². The fourth-order valence-corrected chi connectivity index (χ4v) is 2.59. The second kappa shape index (κ2) is 2.24. The summed E-state index contributed by atoms with van der Waals surface area (Å²) < 4.78 is 2.43. The lowest BCUT2D eigenvalue weighted by molar-refractivity contribution is 1.49. The van der Waals surface area contributed by atoms with Gasteiger partial charge in [-0.2, -0.15) is 0 Å². The second-order valence-electron chi connectivity index (χ2n) is 2.49. The summed E-state index contributed by atoms with van der Waals surface area (Å²) in [4.78, 5) is 8.49. The van der Waals surface area contributed by atoms with Crippen molar-refractivity contribution in [2.45, 2.75) is 0 Å². The van der Waals surface area contributed by atoms with E-state index >= 15 is 0 Å². The minimum absolute atomic E-state index is 1.08. The lowest BCUT2D eigenvalue weighted by Crippen LogP contribution is -1.67. The van der Waals surface area contributed by atoms with E-state index in [-0.39, 0.29) is 0 Å². The Kier molecular flexibility index (Phi) is 1.22. The predicted molar refractivity (Wildman–Crippen MR) is 52.8 cm³/mol. The van der Waals surface area contributed by atoms with Crippen molar-refractivity contribution in [3.8, 4) is 0 Å². The molecule has 0 saturated carbocycles. The van der Waals surface area contributed by atoms with Crippen LogP contribution in [-0.4, -0.2) is 9.97 Å². The third kappa shape index (κ3) is 0.790. The molecule has 0 radical (unpaired) electrons. The number of hydrogen-bond acceptors (Lipinski definition) is 4. The van der Waals surface area contributed by atoms with Gasteiger partial charge < -0.3 is 0 Å². The molecule has 0 spiro atoms. The Balaban J connectivity index is 2.62. The fraction of sp³-hybridized carbons (Fsp3) is 0. The van der Waals surface area contributed by atoms with Crippen LogP contribution in [-0.2, 0) is 0 Å². The van der Waals surface area contributed by atoms with Crippen molar-refractivity contribution in [1.29, 1.82) is 0 Å². The highest BCUT2D eigenvalue weighted by Gasteiger charge is 2.01. The highest BCUT2D eigenvalue weighted by atomic mass is 32.1. The van der Waals surface area contributed by atoms with Gasteiger partial charge in [0.15, 0.2) is 0 Å². The minimum atomic E-state index is 1.08. The van der Waals surface area contributed by atoms with Crippen molar-refractivity contribution in [2.75, 3.05) is 0 Å². The third-order valence-electron chi connectivity index (χ3n) is 1.78.